The molecule has 2 aromatic carbocycles. The maximum atomic E-state index is 13.4. The van der Waals surface area contributed by atoms with E-state index in [4.69, 9.17) is 32.7 Å². The average molecular weight is 608 g/mol. The summed E-state index contributed by atoms with van der Waals surface area (Å²) in [4.78, 5) is 25.4. The molecule has 4 rings (SSSR count). The molecular formula is C26H21Cl2FN4O4S2. The van der Waals surface area contributed by atoms with Crippen molar-refractivity contribution in [1.29, 1.82) is 0 Å². The number of thiophene rings is 1. The monoisotopic (exact) mass is 606 g/mol. The van der Waals surface area contributed by atoms with Gasteiger partial charge >= 0.3 is 5.97 Å². The summed E-state index contributed by atoms with van der Waals surface area (Å²) in [5, 5.41) is 14.5. The van der Waals surface area contributed by atoms with Crippen LogP contribution in [0.15, 0.2) is 65.7 Å². The topological polar surface area (TPSA) is 95.3 Å². The van der Waals surface area contributed by atoms with Gasteiger partial charge in [-0.15, -0.1) is 28.1 Å². The first-order chi connectivity index (χ1) is 18.8. The number of carbonyl (C=O) groups excluding carboxylic acids is 2. The SMILES string of the molecule is C=CCn1c(COc2ccc(Cl)cc2Cl)nnc1SCC(=O)Nc1scc(-c2ccc(F)cc2)c1C(=O)OC. The van der Waals surface area contributed by atoms with Crippen molar-refractivity contribution in [2.45, 2.75) is 18.3 Å². The van der Waals surface area contributed by atoms with Gasteiger partial charge in [-0.05, 0) is 35.9 Å². The van der Waals surface area contributed by atoms with E-state index in [2.05, 4.69) is 22.1 Å². The number of nitrogens with zero attached hydrogens (tertiary/aromatic N) is 3. The summed E-state index contributed by atoms with van der Waals surface area (Å²) in [6, 6.07) is 10.6. The number of aromatic nitrogens is 3. The molecule has 0 saturated heterocycles. The molecule has 1 N–H and O–H groups in total. The first kappa shape index (κ1) is 28.6. The van der Waals surface area contributed by atoms with Crippen LogP contribution in [-0.2, 0) is 22.7 Å². The third kappa shape index (κ3) is 6.99. The van der Waals surface area contributed by atoms with Crippen LogP contribution in [0.1, 0.15) is 16.2 Å². The fourth-order valence-electron chi connectivity index (χ4n) is 3.47. The van der Waals surface area contributed by atoms with Crippen LogP contribution in [0.4, 0.5) is 9.39 Å². The van der Waals surface area contributed by atoms with E-state index in [-0.39, 0.29) is 23.8 Å². The smallest absolute Gasteiger partial charge is 0.341 e. The number of rotatable bonds is 11. The first-order valence-electron chi connectivity index (χ1n) is 11.3. The van der Waals surface area contributed by atoms with Crippen molar-refractivity contribution < 1.29 is 23.5 Å². The minimum atomic E-state index is -0.616. The standard InChI is InChI=1S/C26H21Cl2FN4O4S2/c1-3-10-33-21(12-37-20-9-6-16(27)11-19(20)28)31-32-26(33)39-14-22(34)30-24-23(25(35)36-2)18(13-38-24)15-4-7-17(29)8-5-15/h3-9,11,13H,1,10,12,14H2,2H3,(H,30,34). The van der Waals surface area contributed by atoms with Crippen molar-refractivity contribution in [3.8, 4) is 16.9 Å². The van der Waals surface area contributed by atoms with Crippen LogP contribution in [0.25, 0.3) is 11.1 Å². The number of ether oxygens (including phenoxy) is 2. The van der Waals surface area contributed by atoms with E-state index in [0.29, 0.717) is 49.4 Å². The second-order valence-corrected chi connectivity index (χ2v) is 10.5. The van der Waals surface area contributed by atoms with Gasteiger partial charge in [-0.3, -0.25) is 9.36 Å². The molecule has 0 atom stereocenters. The number of esters is 1. The Labute approximate surface area is 241 Å². The highest BCUT2D eigenvalue weighted by Gasteiger charge is 2.23. The van der Waals surface area contributed by atoms with Crippen molar-refractivity contribution in [2.75, 3.05) is 18.2 Å². The first-order valence-corrected chi connectivity index (χ1v) is 13.9. The van der Waals surface area contributed by atoms with E-state index in [0.717, 1.165) is 11.8 Å². The van der Waals surface area contributed by atoms with Crippen LogP contribution in [0, 0.1) is 5.82 Å². The van der Waals surface area contributed by atoms with E-state index < -0.39 is 11.8 Å². The quantitative estimate of drug-likeness (QED) is 0.115. The molecule has 0 fully saturated rings. The van der Waals surface area contributed by atoms with Crippen LogP contribution in [0.2, 0.25) is 10.0 Å². The maximum absolute atomic E-state index is 13.4. The van der Waals surface area contributed by atoms with Crippen molar-refractivity contribution in [3.63, 3.8) is 0 Å². The molecule has 0 aliphatic rings. The van der Waals surface area contributed by atoms with Gasteiger partial charge in [-0.1, -0.05) is 53.2 Å². The number of allylic oxidation sites excluding steroid dienone is 1. The fraction of sp³-hybridized carbons (Fsp3) is 0.154. The number of hydrogen-bond donors (Lipinski definition) is 1. The number of thioether (sulfide) groups is 1. The average Bonchev–Trinajstić information content (AvgIpc) is 3.51. The number of hydrogen-bond acceptors (Lipinski definition) is 8. The highest BCUT2D eigenvalue weighted by Crippen LogP contribution is 2.36. The second kappa shape index (κ2) is 13.1. The third-order valence-corrected chi connectivity index (χ3v) is 7.67. The largest absolute Gasteiger partial charge is 0.484 e. The van der Waals surface area contributed by atoms with E-state index in [1.54, 1.807) is 46.4 Å². The fourth-order valence-corrected chi connectivity index (χ4v) is 5.67. The van der Waals surface area contributed by atoms with Crippen LogP contribution in [-0.4, -0.2) is 39.5 Å². The lowest BCUT2D eigenvalue weighted by molar-refractivity contribution is -0.113. The lowest BCUT2D eigenvalue weighted by Gasteiger charge is -2.10. The van der Waals surface area contributed by atoms with E-state index in [1.807, 2.05) is 0 Å². The van der Waals surface area contributed by atoms with Gasteiger partial charge in [0.2, 0.25) is 5.91 Å². The van der Waals surface area contributed by atoms with Crippen LogP contribution < -0.4 is 10.1 Å². The molecule has 0 aliphatic heterocycles. The molecule has 8 nitrogen and oxygen atoms in total. The van der Waals surface area contributed by atoms with Gasteiger partial charge in [0, 0.05) is 22.5 Å². The lowest BCUT2D eigenvalue weighted by Crippen LogP contribution is -2.16. The molecule has 0 unspecified atom stereocenters. The minimum Gasteiger partial charge on any atom is -0.484 e. The third-order valence-electron chi connectivity index (χ3n) is 5.28. The highest BCUT2D eigenvalue weighted by atomic mass is 35.5. The van der Waals surface area contributed by atoms with Crippen LogP contribution >= 0.6 is 46.3 Å². The molecule has 39 heavy (non-hydrogen) atoms. The number of benzene rings is 2. The Balaban J connectivity index is 1.45. The second-order valence-electron chi connectivity index (χ2n) is 7.85. The number of halogens is 3. The molecule has 1 amide bonds. The molecule has 2 aromatic heterocycles. The van der Waals surface area contributed by atoms with Gasteiger partial charge in [-0.25, -0.2) is 9.18 Å². The molecule has 0 spiro atoms. The lowest BCUT2D eigenvalue weighted by atomic mass is 10.0. The van der Waals surface area contributed by atoms with E-state index >= 15 is 0 Å². The zero-order valence-corrected chi connectivity index (χ0v) is 23.6. The molecule has 0 bridgehead atoms. The van der Waals surface area contributed by atoms with Crippen molar-refractivity contribution in [1.82, 2.24) is 14.8 Å². The van der Waals surface area contributed by atoms with Crippen molar-refractivity contribution in [2.24, 2.45) is 0 Å². The van der Waals surface area contributed by atoms with E-state index in [1.165, 1.54) is 30.6 Å². The normalized spacial score (nSPS) is 10.8. The Morgan fingerprint density at radius 2 is 1.97 bits per heavy atom. The highest BCUT2D eigenvalue weighted by molar-refractivity contribution is 7.99. The molecule has 2 heterocycles. The van der Waals surface area contributed by atoms with Crippen molar-refractivity contribution >= 4 is 63.2 Å². The molecule has 0 saturated carbocycles. The Kier molecular flexibility index (Phi) is 9.63. The summed E-state index contributed by atoms with van der Waals surface area (Å²) in [6.07, 6.45) is 1.68. The molecule has 13 heteroatoms. The summed E-state index contributed by atoms with van der Waals surface area (Å²) in [5.41, 5.74) is 1.35. The zero-order valence-electron chi connectivity index (χ0n) is 20.4. The maximum Gasteiger partial charge on any atom is 0.341 e. The Morgan fingerprint density at radius 3 is 2.67 bits per heavy atom. The molecule has 0 radical (unpaired) electrons. The van der Waals surface area contributed by atoms with Gasteiger partial charge in [0.05, 0.1) is 17.9 Å². The Hall–Kier alpha value is -3.38. The number of anilines is 1. The molecule has 0 aliphatic carbocycles. The predicted octanol–water partition coefficient (Wildman–Crippen LogP) is 6.73. The molecule has 4 aromatic rings. The molecule has 202 valence electrons. The Morgan fingerprint density at radius 1 is 1.21 bits per heavy atom. The van der Waals surface area contributed by atoms with Crippen LogP contribution in [0.3, 0.4) is 0 Å². The Bertz CT molecular complexity index is 1510. The van der Waals surface area contributed by atoms with Crippen LogP contribution in [0.5, 0.6) is 5.75 Å². The summed E-state index contributed by atoms with van der Waals surface area (Å²) in [6.45, 7) is 4.25. The van der Waals surface area contributed by atoms with Gasteiger partial charge in [0.25, 0.3) is 0 Å². The van der Waals surface area contributed by atoms with Crippen molar-refractivity contribution in [3.05, 3.63) is 87.7 Å². The summed E-state index contributed by atoms with van der Waals surface area (Å²) < 4.78 is 25.8. The summed E-state index contributed by atoms with van der Waals surface area (Å²) in [5.74, 6) is -0.429. The zero-order chi connectivity index (χ0) is 27.9. The summed E-state index contributed by atoms with van der Waals surface area (Å²) >= 11 is 14.4. The van der Waals surface area contributed by atoms with E-state index in [9.17, 15) is 14.0 Å². The minimum absolute atomic E-state index is 0.0104. The number of carbonyl (C=O) groups is 2. The van der Waals surface area contributed by atoms with Gasteiger partial charge < -0.3 is 14.8 Å². The van der Waals surface area contributed by atoms with Gasteiger partial charge in [0.1, 0.15) is 28.7 Å². The van der Waals surface area contributed by atoms with Gasteiger partial charge in [-0.2, -0.15) is 0 Å². The number of methoxy groups -OCH3 is 1. The number of amides is 1. The molecular weight excluding hydrogens is 586 g/mol. The number of nitrogens with one attached hydrogen (secondary N) is 1. The summed E-state index contributed by atoms with van der Waals surface area (Å²) in [7, 11) is 1.25. The van der Waals surface area contributed by atoms with Gasteiger partial charge in [0.15, 0.2) is 11.0 Å². The predicted molar refractivity (Wildman–Crippen MR) is 151 cm³/mol.